The minimum atomic E-state index is -0.408. The first kappa shape index (κ1) is 8.57. The number of aryl methyl sites for hydroxylation is 1. The van der Waals surface area contributed by atoms with Crippen LogP contribution in [0.25, 0.3) is 11.2 Å². The fourth-order valence-electron chi connectivity index (χ4n) is 1.27. The van der Waals surface area contributed by atoms with Crippen molar-refractivity contribution in [3.05, 3.63) is 28.9 Å². The first-order valence-electron chi connectivity index (χ1n) is 4.21. The van der Waals surface area contributed by atoms with Crippen LogP contribution >= 0.6 is 0 Å². The standard InChI is InChI=1S/C10H8N2O2/c1-2-3-7-12-9-8(14-10(12)13)5-4-6-11-9/h1,4-6H,3,7H2. The van der Waals surface area contributed by atoms with Crippen molar-refractivity contribution in [3.63, 3.8) is 0 Å². The lowest BCUT2D eigenvalue weighted by atomic mass is 10.4. The molecule has 0 unspecified atom stereocenters. The van der Waals surface area contributed by atoms with Crippen LogP contribution in [0.1, 0.15) is 6.42 Å². The number of hydrogen-bond acceptors (Lipinski definition) is 3. The van der Waals surface area contributed by atoms with Crippen LogP contribution in [-0.2, 0) is 6.54 Å². The summed E-state index contributed by atoms with van der Waals surface area (Å²) in [5.74, 6) is 2.06. The van der Waals surface area contributed by atoms with E-state index in [2.05, 4.69) is 10.9 Å². The van der Waals surface area contributed by atoms with E-state index in [0.29, 0.717) is 24.2 Å². The topological polar surface area (TPSA) is 48.0 Å². The molecular weight excluding hydrogens is 180 g/mol. The molecule has 0 fully saturated rings. The summed E-state index contributed by atoms with van der Waals surface area (Å²) in [6.45, 7) is 0.444. The molecule has 0 N–H and O–H groups in total. The molecule has 0 aliphatic heterocycles. The Bertz CT molecular complexity index is 545. The molecule has 0 spiro atoms. The summed E-state index contributed by atoms with van der Waals surface area (Å²) in [5.41, 5.74) is 1.04. The van der Waals surface area contributed by atoms with E-state index in [0.717, 1.165) is 0 Å². The lowest BCUT2D eigenvalue weighted by Gasteiger charge is -1.95. The Morgan fingerprint density at radius 1 is 1.64 bits per heavy atom. The van der Waals surface area contributed by atoms with Crippen LogP contribution < -0.4 is 5.76 Å². The van der Waals surface area contributed by atoms with Gasteiger partial charge in [-0.3, -0.25) is 4.57 Å². The van der Waals surface area contributed by atoms with Gasteiger partial charge < -0.3 is 4.42 Å². The molecule has 0 aromatic carbocycles. The molecule has 2 aromatic heterocycles. The second-order valence-electron chi connectivity index (χ2n) is 2.80. The molecule has 0 radical (unpaired) electrons. The van der Waals surface area contributed by atoms with Gasteiger partial charge in [-0.2, -0.15) is 0 Å². The molecule has 0 bridgehead atoms. The minimum Gasteiger partial charge on any atom is -0.406 e. The fourth-order valence-corrected chi connectivity index (χ4v) is 1.27. The molecule has 0 atom stereocenters. The quantitative estimate of drug-likeness (QED) is 0.661. The van der Waals surface area contributed by atoms with Gasteiger partial charge in [0.25, 0.3) is 0 Å². The smallest absolute Gasteiger partial charge is 0.406 e. The lowest BCUT2D eigenvalue weighted by Crippen LogP contribution is -2.14. The summed E-state index contributed by atoms with van der Waals surface area (Å²) in [6, 6.07) is 3.42. The molecule has 0 saturated heterocycles. The fraction of sp³-hybridized carbons (Fsp3) is 0.200. The first-order chi connectivity index (χ1) is 6.83. The zero-order valence-corrected chi connectivity index (χ0v) is 7.43. The van der Waals surface area contributed by atoms with E-state index in [9.17, 15) is 4.79 Å². The van der Waals surface area contributed by atoms with Gasteiger partial charge in [-0.15, -0.1) is 12.3 Å². The van der Waals surface area contributed by atoms with E-state index in [-0.39, 0.29) is 0 Å². The third kappa shape index (κ3) is 1.29. The van der Waals surface area contributed by atoms with Gasteiger partial charge in [-0.1, -0.05) is 0 Å². The molecule has 2 heterocycles. The average Bonchev–Trinajstić information content (AvgIpc) is 2.51. The highest BCUT2D eigenvalue weighted by atomic mass is 16.4. The molecule has 14 heavy (non-hydrogen) atoms. The van der Waals surface area contributed by atoms with Crippen LogP contribution in [0.15, 0.2) is 27.5 Å². The predicted molar refractivity (Wildman–Crippen MR) is 51.7 cm³/mol. The zero-order valence-electron chi connectivity index (χ0n) is 7.43. The summed E-state index contributed by atoms with van der Waals surface area (Å²) in [4.78, 5) is 15.4. The van der Waals surface area contributed by atoms with Gasteiger partial charge in [-0.05, 0) is 12.1 Å². The number of fused-ring (bicyclic) bond motifs is 1. The molecule has 2 aromatic rings. The normalized spacial score (nSPS) is 10.2. The van der Waals surface area contributed by atoms with Crippen molar-refractivity contribution in [2.45, 2.75) is 13.0 Å². The van der Waals surface area contributed by atoms with Gasteiger partial charge in [0.15, 0.2) is 11.2 Å². The van der Waals surface area contributed by atoms with E-state index in [1.54, 1.807) is 18.3 Å². The largest absolute Gasteiger partial charge is 0.421 e. The summed E-state index contributed by atoms with van der Waals surface area (Å²) < 4.78 is 6.41. The van der Waals surface area contributed by atoms with Crippen molar-refractivity contribution in [3.8, 4) is 12.3 Å². The maximum Gasteiger partial charge on any atom is 0.421 e. The number of terminal acetylenes is 1. The van der Waals surface area contributed by atoms with Crippen molar-refractivity contribution in [2.24, 2.45) is 0 Å². The molecular formula is C10H8N2O2. The van der Waals surface area contributed by atoms with Crippen molar-refractivity contribution in [2.75, 3.05) is 0 Å². The SMILES string of the molecule is C#CCCn1c(=O)oc2cccnc21. The monoisotopic (exact) mass is 188 g/mol. The van der Waals surface area contributed by atoms with Gasteiger partial charge in [0.2, 0.25) is 0 Å². The second-order valence-corrected chi connectivity index (χ2v) is 2.80. The molecule has 2 rings (SSSR count). The van der Waals surface area contributed by atoms with Crippen LogP contribution in [0.3, 0.4) is 0 Å². The van der Waals surface area contributed by atoms with Crippen LogP contribution in [-0.4, -0.2) is 9.55 Å². The number of rotatable bonds is 2. The summed E-state index contributed by atoms with van der Waals surface area (Å²) >= 11 is 0. The lowest BCUT2D eigenvalue weighted by molar-refractivity contribution is 0.507. The van der Waals surface area contributed by atoms with Crippen molar-refractivity contribution >= 4 is 11.2 Å². The maximum atomic E-state index is 11.3. The Balaban J connectivity index is 2.58. The Kier molecular flexibility index (Phi) is 2.07. The Morgan fingerprint density at radius 3 is 3.29 bits per heavy atom. The van der Waals surface area contributed by atoms with Gasteiger partial charge in [0.05, 0.1) is 0 Å². The number of pyridine rings is 1. The van der Waals surface area contributed by atoms with Gasteiger partial charge in [0.1, 0.15) is 0 Å². The summed E-state index contributed by atoms with van der Waals surface area (Å²) in [7, 11) is 0. The molecule has 0 aliphatic rings. The van der Waals surface area contributed by atoms with Gasteiger partial charge >= 0.3 is 5.76 Å². The van der Waals surface area contributed by atoms with E-state index >= 15 is 0 Å². The second kappa shape index (κ2) is 3.38. The number of aromatic nitrogens is 2. The van der Waals surface area contributed by atoms with Crippen LogP contribution in [0.5, 0.6) is 0 Å². The van der Waals surface area contributed by atoms with Crippen LogP contribution in [0, 0.1) is 12.3 Å². The number of oxazole rings is 1. The highest BCUT2D eigenvalue weighted by Gasteiger charge is 2.07. The molecule has 70 valence electrons. The molecule has 0 amide bonds. The third-order valence-electron chi connectivity index (χ3n) is 1.90. The third-order valence-corrected chi connectivity index (χ3v) is 1.90. The van der Waals surface area contributed by atoms with E-state index in [1.807, 2.05) is 0 Å². The van der Waals surface area contributed by atoms with Crippen molar-refractivity contribution in [1.29, 1.82) is 0 Å². The molecule has 0 saturated carbocycles. The molecule has 4 nitrogen and oxygen atoms in total. The van der Waals surface area contributed by atoms with E-state index in [4.69, 9.17) is 10.8 Å². The van der Waals surface area contributed by atoms with Gasteiger partial charge in [0, 0.05) is 19.2 Å². The van der Waals surface area contributed by atoms with E-state index < -0.39 is 5.76 Å². The highest BCUT2D eigenvalue weighted by Crippen LogP contribution is 2.08. The van der Waals surface area contributed by atoms with Crippen LogP contribution in [0.2, 0.25) is 0 Å². The highest BCUT2D eigenvalue weighted by molar-refractivity contribution is 5.67. The number of nitrogens with zero attached hydrogens (tertiary/aromatic N) is 2. The molecule has 4 heteroatoms. The average molecular weight is 188 g/mol. The Morgan fingerprint density at radius 2 is 2.50 bits per heavy atom. The summed E-state index contributed by atoms with van der Waals surface area (Å²) in [5, 5.41) is 0. The number of hydrogen-bond donors (Lipinski definition) is 0. The van der Waals surface area contributed by atoms with Gasteiger partial charge in [-0.25, -0.2) is 9.78 Å². The van der Waals surface area contributed by atoms with Crippen molar-refractivity contribution < 1.29 is 4.42 Å². The summed E-state index contributed by atoms with van der Waals surface area (Å²) in [6.07, 6.45) is 7.23. The first-order valence-corrected chi connectivity index (χ1v) is 4.21. The Hall–Kier alpha value is -2.02. The molecule has 0 aliphatic carbocycles. The van der Waals surface area contributed by atoms with Crippen LogP contribution in [0.4, 0.5) is 0 Å². The van der Waals surface area contributed by atoms with E-state index in [1.165, 1.54) is 4.57 Å². The van der Waals surface area contributed by atoms with Crippen molar-refractivity contribution in [1.82, 2.24) is 9.55 Å². The minimum absolute atomic E-state index is 0.408. The predicted octanol–water partition coefficient (Wildman–Crippen LogP) is 1.01. The maximum absolute atomic E-state index is 11.3. The Labute approximate surface area is 80.2 Å². The zero-order chi connectivity index (χ0) is 9.97.